The summed E-state index contributed by atoms with van der Waals surface area (Å²) in [6, 6.07) is 2.38. The number of carbonyl (C=O) groups is 1. The summed E-state index contributed by atoms with van der Waals surface area (Å²) >= 11 is 0. The number of carboxylic acid groups (broad SMARTS) is 1. The summed E-state index contributed by atoms with van der Waals surface area (Å²) in [7, 11) is 0. The molecule has 1 heterocycles. The average molecular weight is 182 g/mol. The molecule has 0 aliphatic heterocycles. The number of rotatable bonds is 3. The molecule has 0 bridgehead atoms. The fourth-order valence-electron chi connectivity index (χ4n) is 1.02. The first kappa shape index (κ1) is 9.47. The number of carboxylic acids is 1. The van der Waals surface area contributed by atoms with Gasteiger partial charge in [0, 0.05) is 17.8 Å². The van der Waals surface area contributed by atoms with E-state index in [1.54, 1.807) is 6.07 Å². The predicted octanol–water partition coefficient (Wildman–Crippen LogP) is -0.151. The topological polar surface area (TPSA) is 96.2 Å². The molecule has 0 fully saturated rings. The number of aromatic amines is 1. The van der Waals surface area contributed by atoms with Crippen LogP contribution in [0.5, 0.6) is 0 Å². The Kier molecular flexibility index (Phi) is 2.81. The van der Waals surface area contributed by atoms with E-state index in [1.807, 2.05) is 0 Å². The number of hydrogen-bond acceptors (Lipinski definition) is 3. The molecule has 0 saturated carbocycles. The van der Waals surface area contributed by atoms with Gasteiger partial charge in [-0.15, -0.1) is 0 Å². The van der Waals surface area contributed by atoms with Crippen LogP contribution in [0, 0.1) is 0 Å². The standard InChI is InChI=1S/C8H10N2O3/c9-6(4-7(11)12)5-2-1-3-10-8(5)13/h1-3,6H,4,9H2,(H,10,13)(H,11,12)/t6-/m0/s1. The SMILES string of the molecule is N[C@@H](CC(=O)O)c1ccc[nH]c1=O. The van der Waals surface area contributed by atoms with Crippen molar-refractivity contribution in [2.45, 2.75) is 12.5 Å². The average Bonchev–Trinajstić information content (AvgIpc) is 2.03. The smallest absolute Gasteiger partial charge is 0.305 e. The lowest BCUT2D eigenvalue weighted by molar-refractivity contribution is -0.137. The van der Waals surface area contributed by atoms with E-state index in [-0.39, 0.29) is 12.0 Å². The molecule has 13 heavy (non-hydrogen) atoms. The molecule has 0 aliphatic rings. The van der Waals surface area contributed by atoms with Crippen LogP contribution in [0.1, 0.15) is 18.0 Å². The minimum Gasteiger partial charge on any atom is -0.481 e. The maximum Gasteiger partial charge on any atom is 0.305 e. The number of nitrogens with two attached hydrogens (primary N) is 1. The van der Waals surface area contributed by atoms with Crippen LogP contribution in [0.25, 0.3) is 0 Å². The Morgan fingerprint density at radius 2 is 2.38 bits per heavy atom. The maximum absolute atomic E-state index is 11.1. The summed E-state index contributed by atoms with van der Waals surface area (Å²) in [5.74, 6) is -1.02. The van der Waals surface area contributed by atoms with Crippen LogP contribution in [0.2, 0.25) is 0 Å². The Hall–Kier alpha value is -1.62. The molecule has 0 aromatic carbocycles. The summed E-state index contributed by atoms with van der Waals surface area (Å²) in [6.45, 7) is 0. The highest BCUT2D eigenvalue weighted by Crippen LogP contribution is 2.07. The van der Waals surface area contributed by atoms with Crippen molar-refractivity contribution < 1.29 is 9.90 Å². The normalized spacial score (nSPS) is 12.4. The van der Waals surface area contributed by atoms with Crippen LogP contribution in [0.4, 0.5) is 0 Å². The molecular formula is C8H10N2O3. The summed E-state index contributed by atoms with van der Waals surface area (Å²) in [5.41, 5.74) is 5.46. The van der Waals surface area contributed by atoms with E-state index in [0.29, 0.717) is 5.56 Å². The molecule has 5 nitrogen and oxygen atoms in total. The second-order valence-corrected chi connectivity index (χ2v) is 2.66. The molecule has 1 aromatic heterocycles. The van der Waals surface area contributed by atoms with Crippen molar-refractivity contribution in [2.24, 2.45) is 5.73 Å². The molecule has 1 aromatic rings. The van der Waals surface area contributed by atoms with Crippen LogP contribution in [-0.4, -0.2) is 16.1 Å². The Morgan fingerprint density at radius 1 is 1.69 bits per heavy atom. The fourth-order valence-corrected chi connectivity index (χ4v) is 1.02. The number of nitrogens with one attached hydrogen (secondary N) is 1. The van der Waals surface area contributed by atoms with E-state index in [2.05, 4.69) is 4.98 Å². The number of pyridine rings is 1. The van der Waals surface area contributed by atoms with Gasteiger partial charge in [-0.2, -0.15) is 0 Å². The highest BCUT2D eigenvalue weighted by Gasteiger charge is 2.12. The molecule has 5 heteroatoms. The quantitative estimate of drug-likeness (QED) is 0.605. The van der Waals surface area contributed by atoms with Crippen molar-refractivity contribution in [3.63, 3.8) is 0 Å². The van der Waals surface area contributed by atoms with Gasteiger partial charge in [0.05, 0.1) is 6.42 Å². The molecule has 0 aliphatic carbocycles. The van der Waals surface area contributed by atoms with Gasteiger partial charge in [-0.1, -0.05) is 6.07 Å². The number of hydrogen-bond donors (Lipinski definition) is 3. The molecule has 0 amide bonds. The first-order chi connectivity index (χ1) is 6.11. The molecule has 1 atom stereocenters. The molecule has 0 saturated heterocycles. The lowest BCUT2D eigenvalue weighted by Gasteiger charge is -2.06. The maximum atomic E-state index is 11.1. The summed E-state index contributed by atoms with van der Waals surface area (Å²) in [6.07, 6.45) is 1.23. The molecular weight excluding hydrogens is 172 g/mol. The van der Waals surface area contributed by atoms with Gasteiger partial charge in [0.15, 0.2) is 0 Å². The summed E-state index contributed by atoms with van der Waals surface area (Å²) in [4.78, 5) is 23.8. The lowest BCUT2D eigenvalue weighted by atomic mass is 10.1. The zero-order valence-electron chi connectivity index (χ0n) is 6.86. The molecule has 70 valence electrons. The zero-order valence-corrected chi connectivity index (χ0v) is 6.86. The van der Waals surface area contributed by atoms with Crippen LogP contribution in [-0.2, 0) is 4.79 Å². The molecule has 0 spiro atoms. The van der Waals surface area contributed by atoms with Crippen molar-refractivity contribution >= 4 is 5.97 Å². The molecule has 0 radical (unpaired) electrons. The Morgan fingerprint density at radius 3 is 2.92 bits per heavy atom. The fraction of sp³-hybridized carbons (Fsp3) is 0.250. The number of aromatic nitrogens is 1. The second-order valence-electron chi connectivity index (χ2n) is 2.66. The van der Waals surface area contributed by atoms with Crippen LogP contribution in [0.3, 0.4) is 0 Å². The van der Waals surface area contributed by atoms with Crippen LogP contribution in [0.15, 0.2) is 23.1 Å². The third-order valence-corrected chi connectivity index (χ3v) is 1.64. The van der Waals surface area contributed by atoms with Gasteiger partial charge in [-0.05, 0) is 6.07 Å². The van der Waals surface area contributed by atoms with Crippen LogP contribution < -0.4 is 11.3 Å². The van der Waals surface area contributed by atoms with Crippen molar-refractivity contribution in [2.75, 3.05) is 0 Å². The van der Waals surface area contributed by atoms with Crippen molar-refractivity contribution in [3.05, 3.63) is 34.2 Å². The second kappa shape index (κ2) is 3.86. The Bertz CT molecular complexity index is 358. The lowest BCUT2D eigenvalue weighted by Crippen LogP contribution is -2.23. The third kappa shape index (κ3) is 2.41. The van der Waals surface area contributed by atoms with E-state index in [1.165, 1.54) is 12.3 Å². The third-order valence-electron chi connectivity index (χ3n) is 1.64. The van der Waals surface area contributed by atoms with Crippen molar-refractivity contribution in [3.8, 4) is 0 Å². The van der Waals surface area contributed by atoms with E-state index in [4.69, 9.17) is 10.8 Å². The predicted molar refractivity (Wildman–Crippen MR) is 46.2 cm³/mol. The van der Waals surface area contributed by atoms with Crippen LogP contribution >= 0.6 is 0 Å². The Labute approximate surface area is 74.2 Å². The molecule has 0 unspecified atom stereocenters. The first-order valence-corrected chi connectivity index (χ1v) is 3.76. The minimum absolute atomic E-state index is 0.243. The highest BCUT2D eigenvalue weighted by atomic mass is 16.4. The van der Waals surface area contributed by atoms with E-state index in [0.717, 1.165) is 0 Å². The van der Waals surface area contributed by atoms with Gasteiger partial charge in [0.1, 0.15) is 0 Å². The molecule has 1 rings (SSSR count). The largest absolute Gasteiger partial charge is 0.481 e. The van der Waals surface area contributed by atoms with Gasteiger partial charge in [0.2, 0.25) is 0 Å². The number of aliphatic carboxylic acids is 1. The Balaban J connectivity index is 2.89. The zero-order chi connectivity index (χ0) is 9.84. The van der Waals surface area contributed by atoms with Crippen molar-refractivity contribution in [1.29, 1.82) is 0 Å². The summed E-state index contributed by atoms with van der Waals surface area (Å²) < 4.78 is 0. The monoisotopic (exact) mass is 182 g/mol. The van der Waals surface area contributed by atoms with Gasteiger partial charge < -0.3 is 15.8 Å². The number of H-pyrrole nitrogens is 1. The minimum atomic E-state index is -1.02. The first-order valence-electron chi connectivity index (χ1n) is 3.76. The van der Waals surface area contributed by atoms with E-state index >= 15 is 0 Å². The van der Waals surface area contributed by atoms with Gasteiger partial charge in [-0.25, -0.2) is 0 Å². The summed E-state index contributed by atoms with van der Waals surface area (Å²) in [5, 5.41) is 8.44. The highest BCUT2D eigenvalue weighted by molar-refractivity contribution is 5.67. The van der Waals surface area contributed by atoms with Gasteiger partial charge >= 0.3 is 5.97 Å². The van der Waals surface area contributed by atoms with Crippen molar-refractivity contribution in [1.82, 2.24) is 4.98 Å². The van der Waals surface area contributed by atoms with Gasteiger partial charge in [-0.3, -0.25) is 9.59 Å². The van der Waals surface area contributed by atoms with Gasteiger partial charge in [0.25, 0.3) is 5.56 Å². The van der Waals surface area contributed by atoms with E-state index < -0.39 is 12.0 Å². The van der Waals surface area contributed by atoms with E-state index in [9.17, 15) is 9.59 Å². The molecule has 4 N–H and O–H groups in total.